The van der Waals surface area contributed by atoms with Crippen molar-refractivity contribution < 1.29 is 15.3 Å². The molecule has 2 rings (SSSR count). The molecule has 0 fully saturated rings. The third kappa shape index (κ3) is 2.45. The van der Waals surface area contributed by atoms with Crippen LogP contribution < -0.4 is 5.73 Å². The van der Waals surface area contributed by atoms with Gasteiger partial charge in [0.1, 0.15) is 12.5 Å². The van der Waals surface area contributed by atoms with Crippen LogP contribution >= 0.6 is 0 Å². The van der Waals surface area contributed by atoms with Crippen LogP contribution in [0.15, 0.2) is 42.5 Å². The minimum absolute atomic E-state index is 0.0754. The van der Waals surface area contributed by atoms with E-state index in [0.29, 0.717) is 6.42 Å². The van der Waals surface area contributed by atoms with Crippen molar-refractivity contribution in [3.63, 3.8) is 0 Å². The third-order valence-electron chi connectivity index (χ3n) is 2.90. The maximum atomic E-state index is 11.3. The van der Waals surface area contributed by atoms with Gasteiger partial charge in [0.2, 0.25) is 0 Å². The second-order valence-electron chi connectivity index (χ2n) is 4.05. The zero-order chi connectivity index (χ0) is 12.3. The Labute approximate surface area is 100 Å². The van der Waals surface area contributed by atoms with Crippen LogP contribution in [-0.4, -0.2) is 13.1 Å². The number of esters is 1. The Balaban J connectivity index is 2.38. The van der Waals surface area contributed by atoms with E-state index in [9.17, 15) is 4.79 Å². The number of benzene rings is 2. The molecule has 0 aliphatic rings. The lowest BCUT2D eigenvalue weighted by Gasteiger charge is -2.10. The van der Waals surface area contributed by atoms with E-state index in [2.05, 4.69) is 28.7 Å². The van der Waals surface area contributed by atoms with Crippen molar-refractivity contribution in [2.75, 3.05) is 7.11 Å². The molecule has 0 saturated carbocycles. The van der Waals surface area contributed by atoms with Crippen LogP contribution in [-0.2, 0) is 9.53 Å². The predicted octanol–water partition coefficient (Wildman–Crippen LogP) is 1.69. The molecule has 0 radical (unpaired) electrons. The van der Waals surface area contributed by atoms with Gasteiger partial charge in [0.05, 0.1) is 7.11 Å². The Morgan fingerprint density at radius 1 is 1.24 bits per heavy atom. The average Bonchev–Trinajstić information content (AvgIpc) is 2.37. The molecule has 0 amide bonds. The molecule has 0 aliphatic heterocycles. The Hall–Kier alpha value is -1.87. The van der Waals surface area contributed by atoms with Crippen LogP contribution in [0.5, 0.6) is 0 Å². The van der Waals surface area contributed by atoms with E-state index in [1.807, 2.05) is 24.3 Å². The summed E-state index contributed by atoms with van der Waals surface area (Å²) in [5.74, 6) is -0.224. The van der Waals surface area contributed by atoms with Crippen LogP contribution in [0.3, 0.4) is 0 Å². The van der Waals surface area contributed by atoms with Crippen molar-refractivity contribution in [3.05, 3.63) is 48.0 Å². The van der Waals surface area contributed by atoms with E-state index in [-0.39, 0.29) is 12.0 Å². The monoisotopic (exact) mass is 230 g/mol. The van der Waals surface area contributed by atoms with Gasteiger partial charge in [0, 0.05) is 5.56 Å². The SMILES string of the molecule is COC(=O)C[C@@H]([NH3+])c1cccc2ccccc12. The maximum absolute atomic E-state index is 11.3. The summed E-state index contributed by atoms with van der Waals surface area (Å²) in [6.45, 7) is 0. The van der Waals surface area contributed by atoms with Crippen molar-refractivity contribution in [1.82, 2.24) is 0 Å². The predicted molar refractivity (Wildman–Crippen MR) is 66.2 cm³/mol. The number of methoxy groups -OCH3 is 1. The molecule has 2 aromatic carbocycles. The first-order valence-corrected chi connectivity index (χ1v) is 5.60. The molecule has 0 bridgehead atoms. The summed E-state index contributed by atoms with van der Waals surface area (Å²) in [5.41, 5.74) is 5.14. The summed E-state index contributed by atoms with van der Waals surface area (Å²) in [4.78, 5) is 11.3. The zero-order valence-corrected chi connectivity index (χ0v) is 9.85. The summed E-state index contributed by atoms with van der Waals surface area (Å²) >= 11 is 0. The second-order valence-corrected chi connectivity index (χ2v) is 4.05. The average molecular weight is 230 g/mol. The van der Waals surface area contributed by atoms with E-state index in [1.165, 1.54) is 12.5 Å². The number of hydrogen-bond donors (Lipinski definition) is 1. The van der Waals surface area contributed by atoms with Crippen molar-refractivity contribution in [2.24, 2.45) is 0 Å². The first kappa shape index (κ1) is 11.6. The molecule has 0 heterocycles. The van der Waals surface area contributed by atoms with Gasteiger partial charge in [0.25, 0.3) is 0 Å². The summed E-state index contributed by atoms with van der Waals surface area (Å²) in [6, 6.07) is 14.1. The summed E-state index contributed by atoms with van der Waals surface area (Å²) < 4.78 is 4.68. The van der Waals surface area contributed by atoms with Gasteiger partial charge in [-0.15, -0.1) is 0 Å². The lowest BCUT2D eigenvalue weighted by atomic mass is 9.97. The molecular formula is C14H16NO2+. The summed E-state index contributed by atoms with van der Waals surface area (Å²) in [7, 11) is 1.40. The van der Waals surface area contributed by atoms with Crippen molar-refractivity contribution in [3.8, 4) is 0 Å². The number of quaternary nitrogens is 1. The quantitative estimate of drug-likeness (QED) is 0.816. The van der Waals surface area contributed by atoms with Gasteiger partial charge in [-0.05, 0) is 10.8 Å². The highest BCUT2D eigenvalue weighted by Gasteiger charge is 2.17. The molecule has 0 aliphatic carbocycles. The molecule has 0 saturated heterocycles. The van der Waals surface area contributed by atoms with Crippen LogP contribution in [0, 0.1) is 0 Å². The number of carbonyl (C=O) groups excluding carboxylic acids is 1. The highest BCUT2D eigenvalue weighted by atomic mass is 16.5. The van der Waals surface area contributed by atoms with Gasteiger partial charge in [-0.25, -0.2) is 0 Å². The summed E-state index contributed by atoms with van der Waals surface area (Å²) in [5, 5.41) is 2.32. The molecule has 0 aromatic heterocycles. The number of carbonyl (C=O) groups is 1. The van der Waals surface area contributed by atoms with Crippen molar-refractivity contribution in [1.29, 1.82) is 0 Å². The normalized spacial score (nSPS) is 12.4. The molecular weight excluding hydrogens is 214 g/mol. The Morgan fingerprint density at radius 2 is 1.94 bits per heavy atom. The van der Waals surface area contributed by atoms with Crippen LogP contribution in [0.25, 0.3) is 10.8 Å². The fourth-order valence-electron chi connectivity index (χ4n) is 2.00. The van der Waals surface area contributed by atoms with Crippen LogP contribution in [0.4, 0.5) is 0 Å². The minimum Gasteiger partial charge on any atom is -0.469 e. The van der Waals surface area contributed by atoms with Crippen LogP contribution in [0.2, 0.25) is 0 Å². The highest BCUT2D eigenvalue weighted by Crippen LogP contribution is 2.23. The number of hydrogen-bond acceptors (Lipinski definition) is 2. The highest BCUT2D eigenvalue weighted by molar-refractivity contribution is 5.86. The van der Waals surface area contributed by atoms with Gasteiger partial charge >= 0.3 is 5.97 Å². The maximum Gasteiger partial charge on any atom is 0.311 e. The van der Waals surface area contributed by atoms with Crippen molar-refractivity contribution >= 4 is 16.7 Å². The van der Waals surface area contributed by atoms with Gasteiger partial charge in [-0.2, -0.15) is 0 Å². The lowest BCUT2D eigenvalue weighted by molar-refractivity contribution is -0.425. The lowest BCUT2D eigenvalue weighted by Crippen LogP contribution is -2.54. The van der Waals surface area contributed by atoms with E-state index in [1.54, 1.807) is 0 Å². The zero-order valence-electron chi connectivity index (χ0n) is 9.85. The Bertz CT molecular complexity index is 531. The largest absolute Gasteiger partial charge is 0.469 e. The minimum atomic E-state index is -0.224. The fraction of sp³-hybridized carbons (Fsp3) is 0.214. The molecule has 2 aromatic rings. The van der Waals surface area contributed by atoms with Gasteiger partial charge in [-0.3, -0.25) is 4.79 Å². The smallest absolute Gasteiger partial charge is 0.311 e. The Morgan fingerprint density at radius 3 is 2.71 bits per heavy atom. The topological polar surface area (TPSA) is 53.9 Å². The standard InChI is InChI=1S/C14H15NO2/c1-17-14(16)9-13(15)12-8-4-6-10-5-2-3-7-11(10)12/h2-8,13H,9,15H2,1H3/p+1/t13-/m1/s1. The molecule has 3 N–H and O–H groups in total. The molecule has 0 spiro atoms. The molecule has 3 heteroatoms. The molecule has 3 nitrogen and oxygen atoms in total. The van der Waals surface area contributed by atoms with Gasteiger partial charge < -0.3 is 10.5 Å². The number of ether oxygens (including phenoxy) is 1. The van der Waals surface area contributed by atoms with E-state index < -0.39 is 0 Å². The van der Waals surface area contributed by atoms with E-state index >= 15 is 0 Å². The van der Waals surface area contributed by atoms with Gasteiger partial charge in [-0.1, -0.05) is 42.5 Å². The molecule has 1 atom stereocenters. The van der Waals surface area contributed by atoms with Gasteiger partial charge in [0.15, 0.2) is 0 Å². The summed E-state index contributed by atoms with van der Waals surface area (Å²) in [6.07, 6.45) is 0.310. The first-order chi connectivity index (χ1) is 8.22. The molecule has 0 unspecified atom stereocenters. The van der Waals surface area contributed by atoms with Crippen molar-refractivity contribution in [2.45, 2.75) is 12.5 Å². The van der Waals surface area contributed by atoms with E-state index in [0.717, 1.165) is 10.9 Å². The van der Waals surface area contributed by atoms with E-state index in [4.69, 9.17) is 0 Å². The first-order valence-electron chi connectivity index (χ1n) is 5.60. The number of fused-ring (bicyclic) bond motifs is 1. The third-order valence-corrected chi connectivity index (χ3v) is 2.90. The molecule has 17 heavy (non-hydrogen) atoms. The van der Waals surface area contributed by atoms with Crippen LogP contribution in [0.1, 0.15) is 18.0 Å². The second kappa shape index (κ2) is 4.97. The molecule has 88 valence electrons. The number of rotatable bonds is 3. The fourth-order valence-corrected chi connectivity index (χ4v) is 2.00. The Kier molecular flexibility index (Phi) is 3.40.